The highest BCUT2D eigenvalue weighted by molar-refractivity contribution is 5.84. The van der Waals surface area contributed by atoms with Crippen molar-refractivity contribution < 1.29 is 36.6 Å². The number of hydrogen-bond acceptors (Lipinski definition) is 2. The first-order chi connectivity index (χ1) is 7.48. The third-order valence-corrected chi connectivity index (χ3v) is 1.78. The van der Waals surface area contributed by atoms with Crippen molar-refractivity contribution in [1.82, 2.24) is 5.32 Å². The number of rotatable bonds is 5. The lowest BCUT2D eigenvalue weighted by Gasteiger charge is -2.19. The van der Waals surface area contributed by atoms with Crippen LogP contribution in [-0.4, -0.2) is 35.6 Å². The summed E-state index contributed by atoms with van der Waals surface area (Å²) < 4.78 is 59.9. The fourth-order valence-electron chi connectivity index (χ4n) is 0.877. The molecule has 0 aliphatic carbocycles. The largest absolute Gasteiger partial charge is 0.481 e. The van der Waals surface area contributed by atoms with Gasteiger partial charge >= 0.3 is 18.1 Å². The first-order valence-corrected chi connectivity index (χ1v) is 4.43. The smallest absolute Gasteiger partial charge is 0.463 e. The molecule has 4 nitrogen and oxygen atoms in total. The number of alkyl halides is 5. The standard InChI is InChI=1S/C8H10F5NO3/c1-4(2-5(15)16)3-14-6(17)7(9,10)8(11,12)13/h4H,2-3H2,1H3,(H,14,17)(H,15,16). The van der Waals surface area contributed by atoms with E-state index in [9.17, 15) is 31.5 Å². The van der Waals surface area contributed by atoms with Gasteiger partial charge in [0.25, 0.3) is 5.91 Å². The highest BCUT2D eigenvalue weighted by Gasteiger charge is 2.63. The van der Waals surface area contributed by atoms with Crippen LogP contribution >= 0.6 is 0 Å². The molecule has 0 heterocycles. The summed E-state index contributed by atoms with van der Waals surface area (Å²) in [4.78, 5) is 20.7. The molecule has 1 unspecified atom stereocenters. The van der Waals surface area contributed by atoms with Crippen LogP contribution in [0.5, 0.6) is 0 Å². The molecule has 2 N–H and O–H groups in total. The lowest BCUT2D eigenvalue weighted by atomic mass is 10.1. The molecule has 1 amide bonds. The molecule has 0 rings (SSSR count). The van der Waals surface area contributed by atoms with Gasteiger partial charge in [-0.05, 0) is 5.92 Å². The van der Waals surface area contributed by atoms with Gasteiger partial charge in [-0.25, -0.2) is 0 Å². The monoisotopic (exact) mass is 263 g/mol. The molecule has 0 aliphatic rings. The van der Waals surface area contributed by atoms with Crippen molar-refractivity contribution in [2.24, 2.45) is 5.92 Å². The number of halogens is 5. The minimum absolute atomic E-state index is 0.447. The zero-order valence-electron chi connectivity index (χ0n) is 8.65. The van der Waals surface area contributed by atoms with Gasteiger partial charge in [0.1, 0.15) is 0 Å². The van der Waals surface area contributed by atoms with Gasteiger partial charge in [-0.3, -0.25) is 9.59 Å². The Hall–Kier alpha value is -1.41. The summed E-state index contributed by atoms with van der Waals surface area (Å²) in [7, 11) is 0. The molecule has 0 aromatic heterocycles. The van der Waals surface area contributed by atoms with Crippen LogP contribution < -0.4 is 5.32 Å². The van der Waals surface area contributed by atoms with Crippen molar-refractivity contribution in [3.05, 3.63) is 0 Å². The Labute approximate surface area is 92.8 Å². The maximum absolute atomic E-state index is 12.4. The van der Waals surface area contributed by atoms with Gasteiger partial charge < -0.3 is 10.4 Å². The Kier molecular flexibility index (Phi) is 4.84. The normalized spacial score (nSPS) is 14.2. The Morgan fingerprint density at radius 2 is 1.71 bits per heavy atom. The minimum atomic E-state index is -5.97. The first kappa shape index (κ1) is 15.6. The SMILES string of the molecule is CC(CNC(=O)C(F)(F)C(F)(F)F)CC(=O)O. The molecule has 0 aromatic carbocycles. The topological polar surface area (TPSA) is 66.4 Å². The van der Waals surface area contributed by atoms with Gasteiger partial charge in [0.15, 0.2) is 0 Å². The van der Waals surface area contributed by atoms with Crippen molar-refractivity contribution in [1.29, 1.82) is 0 Å². The van der Waals surface area contributed by atoms with Crippen LogP contribution in [0.15, 0.2) is 0 Å². The molecule has 17 heavy (non-hydrogen) atoms. The molecule has 9 heteroatoms. The Morgan fingerprint density at radius 3 is 2.06 bits per heavy atom. The van der Waals surface area contributed by atoms with Gasteiger partial charge in [0.2, 0.25) is 0 Å². The van der Waals surface area contributed by atoms with E-state index in [1.807, 2.05) is 0 Å². The maximum atomic E-state index is 12.4. The van der Waals surface area contributed by atoms with Crippen LogP contribution in [0.3, 0.4) is 0 Å². The second kappa shape index (κ2) is 5.28. The third-order valence-electron chi connectivity index (χ3n) is 1.78. The van der Waals surface area contributed by atoms with E-state index in [4.69, 9.17) is 5.11 Å². The molecule has 1 atom stereocenters. The summed E-state index contributed by atoms with van der Waals surface area (Å²) in [6.07, 6.45) is -6.41. The Morgan fingerprint density at radius 1 is 1.24 bits per heavy atom. The molecule has 0 saturated carbocycles. The summed E-state index contributed by atoms with van der Waals surface area (Å²) in [6.45, 7) is 0.719. The number of hydrogen-bond donors (Lipinski definition) is 2. The van der Waals surface area contributed by atoms with Gasteiger partial charge in [-0.15, -0.1) is 0 Å². The maximum Gasteiger partial charge on any atom is 0.463 e. The number of aliphatic carboxylic acids is 1. The average molecular weight is 263 g/mol. The van der Waals surface area contributed by atoms with Crippen LogP contribution in [0.25, 0.3) is 0 Å². The molecular formula is C8H10F5NO3. The van der Waals surface area contributed by atoms with Crippen molar-refractivity contribution in [2.75, 3.05) is 6.54 Å². The van der Waals surface area contributed by atoms with Crippen molar-refractivity contribution in [3.8, 4) is 0 Å². The van der Waals surface area contributed by atoms with Crippen LogP contribution in [-0.2, 0) is 9.59 Å². The summed E-state index contributed by atoms with van der Waals surface area (Å²) in [5.74, 6) is -9.95. The van der Waals surface area contributed by atoms with E-state index in [2.05, 4.69) is 0 Å². The molecule has 0 bridgehead atoms. The van der Waals surface area contributed by atoms with Crippen molar-refractivity contribution >= 4 is 11.9 Å². The second-order valence-electron chi connectivity index (χ2n) is 3.49. The summed E-state index contributed by atoms with van der Waals surface area (Å²) in [5, 5.41) is 9.66. The predicted octanol–water partition coefficient (Wildman–Crippen LogP) is 1.41. The van der Waals surface area contributed by atoms with Crippen LogP contribution in [0.2, 0.25) is 0 Å². The lowest BCUT2D eigenvalue weighted by Crippen LogP contribution is -2.51. The van der Waals surface area contributed by atoms with Gasteiger partial charge in [0.05, 0.1) is 0 Å². The second-order valence-corrected chi connectivity index (χ2v) is 3.49. The number of nitrogens with one attached hydrogen (secondary N) is 1. The minimum Gasteiger partial charge on any atom is -0.481 e. The predicted molar refractivity (Wildman–Crippen MR) is 45.4 cm³/mol. The van der Waals surface area contributed by atoms with Crippen LogP contribution in [0, 0.1) is 5.92 Å². The van der Waals surface area contributed by atoms with Gasteiger partial charge in [0, 0.05) is 13.0 Å². The van der Waals surface area contributed by atoms with E-state index in [-0.39, 0.29) is 0 Å². The number of carbonyl (C=O) groups excluding carboxylic acids is 1. The van der Waals surface area contributed by atoms with Crippen LogP contribution in [0.1, 0.15) is 13.3 Å². The fourth-order valence-corrected chi connectivity index (χ4v) is 0.877. The van der Waals surface area contributed by atoms with Gasteiger partial charge in [-0.1, -0.05) is 6.92 Å². The van der Waals surface area contributed by atoms with Crippen LogP contribution in [0.4, 0.5) is 22.0 Å². The van der Waals surface area contributed by atoms with E-state index < -0.39 is 42.9 Å². The first-order valence-electron chi connectivity index (χ1n) is 4.43. The van der Waals surface area contributed by atoms with E-state index in [0.717, 1.165) is 0 Å². The van der Waals surface area contributed by atoms with Crippen molar-refractivity contribution in [3.63, 3.8) is 0 Å². The number of carboxylic acid groups (broad SMARTS) is 1. The van der Waals surface area contributed by atoms with Gasteiger partial charge in [-0.2, -0.15) is 22.0 Å². The highest BCUT2D eigenvalue weighted by Crippen LogP contribution is 2.35. The summed E-state index contributed by atoms with van der Waals surface area (Å²) in [6, 6.07) is 0. The van der Waals surface area contributed by atoms with E-state index >= 15 is 0 Å². The quantitative estimate of drug-likeness (QED) is 0.737. The molecule has 0 radical (unpaired) electrons. The zero-order chi connectivity index (χ0) is 13.9. The number of carboxylic acids is 1. The molecule has 0 fully saturated rings. The number of carbonyl (C=O) groups is 2. The fraction of sp³-hybridized carbons (Fsp3) is 0.750. The van der Waals surface area contributed by atoms with Crippen molar-refractivity contribution in [2.45, 2.75) is 25.4 Å². The molecule has 0 aliphatic heterocycles. The highest BCUT2D eigenvalue weighted by atomic mass is 19.4. The average Bonchev–Trinajstić information content (AvgIpc) is 2.10. The Balaban J connectivity index is 4.33. The van der Waals surface area contributed by atoms with E-state index in [0.29, 0.717) is 0 Å². The van der Waals surface area contributed by atoms with E-state index in [1.54, 1.807) is 0 Å². The van der Waals surface area contributed by atoms with E-state index in [1.165, 1.54) is 12.2 Å². The zero-order valence-corrected chi connectivity index (χ0v) is 8.65. The Bertz CT molecular complexity index is 302. The summed E-state index contributed by atoms with van der Waals surface area (Å²) in [5.41, 5.74) is 0. The molecule has 100 valence electrons. The summed E-state index contributed by atoms with van der Waals surface area (Å²) >= 11 is 0. The molecular weight excluding hydrogens is 253 g/mol. The molecule has 0 aromatic rings. The lowest BCUT2D eigenvalue weighted by molar-refractivity contribution is -0.269. The molecule has 0 saturated heterocycles. The third kappa shape index (κ3) is 4.53. The molecule has 0 spiro atoms. The number of amides is 1.